The number of nitrogens with zero attached hydrogens (tertiary/aromatic N) is 3. The van der Waals surface area contributed by atoms with Gasteiger partial charge in [0.15, 0.2) is 0 Å². The van der Waals surface area contributed by atoms with Crippen LogP contribution in [0.1, 0.15) is 11.1 Å². The average molecular weight is 350 g/mol. The summed E-state index contributed by atoms with van der Waals surface area (Å²) in [5, 5.41) is 3.69. The molecule has 0 unspecified atom stereocenters. The minimum absolute atomic E-state index is 0.249. The highest BCUT2D eigenvalue weighted by molar-refractivity contribution is 5.88. The maximum Gasteiger partial charge on any atom is 0.233 e. The molecule has 0 fully saturated rings. The number of hydrogen-bond donors (Lipinski definition) is 1. The summed E-state index contributed by atoms with van der Waals surface area (Å²) in [5.74, 6) is 1.86. The van der Waals surface area contributed by atoms with Crippen molar-refractivity contribution >= 4 is 12.0 Å². The lowest BCUT2D eigenvalue weighted by molar-refractivity contribution is 0.215. The first-order chi connectivity index (χ1) is 12.8. The summed E-state index contributed by atoms with van der Waals surface area (Å²) in [5.41, 5.74) is 7.38. The Hall–Kier alpha value is -3.61. The van der Waals surface area contributed by atoms with Crippen molar-refractivity contribution in [1.29, 1.82) is 0 Å². The molecule has 132 valence electrons. The van der Waals surface area contributed by atoms with Crippen molar-refractivity contribution in [2.75, 3.05) is 12.8 Å². The van der Waals surface area contributed by atoms with Gasteiger partial charge < -0.3 is 20.0 Å². The lowest BCUT2D eigenvalue weighted by Gasteiger charge is -2.10. The molecule has 0 bridgehead atoms. The van der Waals surface area contributed by atoms with Gasteiger partial charge in [-0.15, -0.1) is 0 Å². The van der Waals surface area contributed by atoms with Crippen LogP contribution in [0.3, 0.4) is 0 Å². The summed E-state index contributed by atoms with van der Waals surface area (Å²) in [7, 11) is 1.44. The molecule has 2 N–H and O–H groups in total. The Balaban J connectivity index is 1.68. The molecule has 7 heteroatoms. The fourth-order valence-electron chi connectivity index (χ4n) is 2.16. The van der Waals surface area contributed by atoms with Gasteiger partial charge in [0.05, 0.1) is 6.21 Å². The Morgan fingerprint density at radius 3 is 2.46 bits per heavy atom. The Kier molecular flexibility index (Phi) is 5.61. The zero-order valence-corrected chi connectivity index (χ0v) is 14.2. The zero-order valence-electron chi connectivity index (χ0n) is 14.2. The van der Waals surface area contributed by atoms with Crippen molar-refractivity contribution in [2.45, 2.75) is 6.61 Å². The van der Waals surface area contributed by atoms with E-state index in [-0.39, 0.29) is 11.7 Å². The molecule has 0 radical (unpaired) electrons. The summed E-state index contributed by atoms with van der Waals surface area (Å²) in [4.78, 5) is 12.7. The number of hydrogen-bond acceptors (Lipinski definition) is 7. The van der Waals surface area contributed by atoms with E-state index in [4.69, 9.17) is 15.2 Å². The average Bonchev–Trinajstić information content (AvgIpc) is 2.68. The molecule has 1 aromatic heterocycles. The van der Waals surface area contributed by atoms with Crippen LogP contribution in [0.2, 0.25) is 0 Å². The number of anilines is 1. The third-order valence-corrected chi connectivity index (χ3v) is 3.45. The van der Waals surface area contributed by atoms with E-state index < -0.39 is 0 Å². The predicted molar refractivity (Wildman–Crippen MR) is 98.3 cm³/mol. The Labute approximate surface area is 151 Å². The van der Waals surface area contributed by atoms with Crippen molar-refractivity contribution in [3.05, 3.63) is 72.1 Å². The topological polar surface area (TPSA) is 91.9 Å². The van der Waals surface area contributed by atoms with E-state index in [0.717, 1.165) is 11.3 Å². The Morgan fingerprint density at radius 1 is 1.00 bits per heavy atom. The molecular formula is C19H18N4O3. The highest BCUT2D eigenvalue weighted by Crippen LogP contribution is 2.26. The minimum atomic E-state index is 0.249. The summed E-state index contributed by atoms with van der Waals surface area (Å²) < 4.78 is 11.5. The maximum absolute atomic E-state index is 5.84. The number of ether oxygens (including phenoxy) is 2. The van der Waals surface area contributed by atoms with E-state index in [9.17, 15) is 0 Å². The standard InChI is InChI=1S/C19H18N4O3/c1-24-23-11-17-18(20)21-13-22-19(17)26-16-9-7-15(8-10-16)25-12-14-5-3-2-4-6-14/h2-11,13H,12H2,1H3,(H2,20,21,22). The van der Waals surface area contributed by atoms with Gasteiger partial charge in [-0.2, -0.15) is 0 Å². The van der Waals surface area contributed by atoms with Crippen LogP contribution in [-0.2, 0) is 11.4 Å². The van der Waals surface area contributed by atoms with Crippen molar-refractivity contribution in [1.82, 2.24) is 9.97 Å². The Bertz CT molecular complexity index is 868. The second-order valence-electron chi connectivity index (χ2n) is 5.24. The van der Waals surface area contributed by atoms with Gasteiger partial charge in [0, 0.05) is 0 Å². The van der Waals surface area contributed by atoms with Crippen LogP contribution in [-0.4, -0.2) is 23.3 Å². The first-order valence-electron chi connectivity index (χ1n) is 7.88. The van der Waals surface area contributed by atoms with Crippen LogP contribution in [0.5, 0.6) is 17.4 Å². The molecule has 26 heavy (non-hydrogen) atoms. The molecule has 0 aliphatic carbocycles. The molecule has 0 saturated heterocycles. The van der Waals surface area contributed by atoms with Crippen LogP contribution in [0.25, 0.3) is 0 Å². The molecule has 3 aromatic rings. The predicted octanol–water partition coefficient (Wildman–Crippen LogP) is 3.41. The molecule has 1 heterocycles. The summed E-state index contributed by atoms with van der Waals surface area (Å²) in [6.45, 7) is 0.501. The second kappa shape index (κ2) is 8.48. The summed E-state index contributed by atoms with van der Waals surface area (Å²) >= 11 is 0. The second-order valence-corrected chi connectivity index (χ2v) is 5.24. The normalized spacial score (nSPS) is 10.7. The first-order valence-corrected chi connectivity index (χ1v) is 7.88. The van der Waals surface area contributed by atoms with Crippen LogP contribution in [0.15, 0.2) is 66.1 Å². The SMILES string of the molecule is CON=Cc1c(N)ncnc1Oc1ccc(OCc2ccccc2)cc1. The van der Waals surface area contributed by atoms with Crippen molar-refractivity contribution in [3.8, 4) is 17.4 Å². The third-order valence-electron chi connectivity index (χ3n) is 3.45. The monoisotopic (exact) mass is 350 g/mol. The van der Waals surface area contributed by atoms with E-state index in [1.165, 1.54) is 19.7 Å². The number of rotatable bonds is 7. The third kappa shape index (κ3) is 4.47. The van der Waals surface area contributed by atoms with Gasteiger partial charge in [-0.05, 0) is 29.8 Å². The van der Waals surface area contributed by atoms with Gasteiger partial charge in [-0.1, -0.05) is 35.5 Å². The number of oxime groups is 1. The van der Waals surface area contributed by atoms with Crippen LogP contribution in [0, 0.1) is 0 Å². The van der Waals surface area contributed by atoms with Crippen molar-refractivity contribution in [2.24, 2.45) is 5.16 Å². The van der Waals surface area contributed by atoms with Gasteiger partial charge >= 0.3 is 0 Å². The van der Waals surface area contributed by atoms with Gasteiger partial charge in [-0.25, -0.2) is 9.97 Å². The number of aromatic nitrogens is 2. The maximum atomic E-state index is 5.84. The molecule has 0 atom stereocenters. The first kappa shape index (κ1) is 17.2. The van der Waals surface area contributed by atoms with Gasteiger partial charge in [0.2, 0.25) is 5.88 Å². The smallest absolute Gasteiger partial charge is 0.233 e. The molecular weight excluding hydrogens is 332 g/mol. The summed E-state index contributed by atoms with van der Waals surface area (Å²) in [6, 6.07) is 17.2. The molecule has 0 spiro atoms. The highest BCUT2D eigenvalue weighted by atomic mass is 16.6. The van der Waals surface area contributed by atoms with Crippen LogP contribution in [0.4, 0.5) is 5.82 Å². The van der Waals surface area contributed by atoms with E-state index in [1.54, 1.807) is 12.1 Å². The molecule has 0 aliphatic heterocycles. The van der Waals surface area contributed by atoms with E-state index in [1.807, 2.05) is 42.5 Å². The van der Waals surface area contributed by atoms with E-state index >= 15 is 0 Å². The van der Waals surface area contributed by atoms with Gasteiger partial charge in [-0.3, -0.25) is 0 Å². The highest BCUT2D eigenvalue weighted by Gasteiger charge is 2.10. The largest absolute Gasteiger partial charge is 0.489 e. The molecule has 0 aliphatic rings. The van der Waals surface area contributed by atoms with Crippen LogP contribution < -0.4 is 15.2 Å². The lowest BCUT2D eigenvalue weighted by atomic mass is 10.2. The van der Waals surface area contributed by atoms with Crippen LogP contribution >= 0.6 is 0 Å². The Morgan fingerprint density at radius 2 is 1.73 bits per heavy atom. The number of nitrogen functional groups attached to an aromatic ring is 1. The lowest BCUT2D eigenvalue weighted by Crippen LogP contribution is -2.02. The molecule has 3 rings (SSSR count). The molecule has 0 amide bonds. The van der Waals surface area contributed by atoms with E-state index in [0.29, 0.717) is 17.9 Å². The van der Waals surface area contributed by atoms with Crippen molar-refractivity contribution in [3.63, 3.8) is 0 Å². The minimum Gasteiger partial charge on any atom is -0.489 e. The molecule has 7 nitrogen and oxygen atoms in total. The number of benzene rings is 2. The quantitative estimate of drug-likeness (QED) is 0.518. The van der Waals surface area contributed by atoms with Gasteiger partial charge in [0.25, 0.3) is 0 Å². The molecule has 0 saturated carbocycles. The van der Waals surface area contributed by atoms with E-state index in [2.05, 4.69) is 20.0 Å². The fraction of sp³-hybridized carbons (Fsp3) is 0.105. The molecule has 2 aromatic carbocycles. The fourth-order valence-corrected chi connectivity index (χ4v) is 2.16. The number of nitrogens with two attached hydrogens (primary N) is 1. The summed E-state index contributed by atoms with van der Waals surface area (Å²) in [6.07, 6.45) is 2.73. The van der Waals surface area contributed by atoms with Crippen molar-refractivity contribution < 1.29 is 14.3 Å². The van der Waals surface area contributed by atoms with Gasteiger partial charge in [0.1, 0.15) is 42.9 Å². The zero-order chi connectivity index (χ0) is 18.2.